The maximum atomic E-state index is 8.63. The third-order valence-corrected chi connectivity index (χ3v) is 0. The van der Waals surface area contributed by atoms with Gasteiger partial charge in [0.05, 0.1) is 0 Å². The van der Waals surface area contributed by atoms with E-state index in [1.807, 2.05) is 0 Å². The second-order valence-corrected chi connectivity index (χ2v) is 2.89. The average Bonchev–Trinajstić information content (AvgIpc) is 0.722. The van der Waals surface area contributed by atoms with Crippen LogP contribution in [0.2, 0.25) is 0 Å². The summed E-state index contributed by atoms with van der Waals surface area (Å²) in [5.74, 6) is 0. The normalized spacial score (nSPS) is 14.8. The van der Waals surface area contributed by atoms with Crippen molar-refractivity contribution in [2.45, 2.75) is 0 Å². The van der Waals surface area contributed by atoms with E-state index < -0.39 is 15.7 Å². The third-order valence-electron chi connectivity index (χ3n) is 0. The molecule has 0 heterocycles. The molecule has 0 amide bonds. The molecule has 0 bridgehead atoms. The van der Waals surface area contributed by atoms with Crippen molar-refractivity contribution in [1.29, 1.82) is 0 Å². The van der Waals surface area contributed by atoms with Gasteiger partial charge in [-0.15, -0.1) is 0 Å². The Bertz CT molecular complexity index is 86.8. The Labute approximate surface area is 31.3 Å². The van der Waals surface area contributed by atoms with E-state index in [1.165, 1.54) is 0 Å². The first kappa shape index (κ1) is 5.16. The summed E-state index contributed by atoms with van der Waals surface area (Å²) in [5, 5.41) is 0. The molecule has 0 unspecified atom stereocenters. The van der Waals surface area contributed by atoms with Crippen LogP contribution >= 0.6 is 0 Å². The van der Waals surface area contributed by atoms with Crippen molar-refractivity contribution in [3.63, 3.8) is 0 Å². The molecule has 0 aliphatic heterocycles. The van der Waals surface area contributed by atoms with Gasteiger partial charge in [0.25, 0.3) is 0 Å². The summed E-state index contributed by atoms with van der Waals surface area (Å²) < 4.78 is 34.5. The molecule has 5 heavy (non-hydrogen) atoms. The van der Waals surface area contributed by atoms with Gasteiger partial charge in [-0.05, 0) is 0 Å². The van der Waals surface area contributed by atoms with Gasteiger partial charge in [0.1, 0.15) is 0 Å². The quantitative estimate of drug-likeness (QED) is 0.474. The fraction of sp³-hybridized carbons (Fsp3) is 0. The van der Waals surface area contributed by atoms with E-state index in [-0.39, 0.29) is 0 Å². The molecule has 0 atom stereocenters. The van der Waals surface area contributed by atoms with Crippen molar-refractivity contribution in [2.75, 3.05) is 0 Å². The van der Waals surface area contributed by atoms with Crippen molar-refractivity contribution < 1.29 is 30.5 Å². The minimum absolute atomic E-state index is 6.06. The molecule has 5 heteroatoms. The maximum absolute atomic E-state index is 8.63. The van der Waals surface area contributed by atoms with E-state index in [0.29, 0.717) is 0 Å². The first-order valence-corrected chi connectivity index (χ1v) is 4.73. The third kappa shape index (κ3) is 790. The zero-order valence-electron chi connectivity index (χ0n) is 1.99. The Morgan fingerprint density at radius 2 is 1.20 bits per heavy atom. The van der Waals surface area contributed by atoms with E-state index in [2.05, 4.69) is 0 Å². The van der Waals surface area contributed by atoms with E-state index >= 15 is 0 Å². The zero-order valence-corrected chi connectivity index (χ0v) is 4.53. The van der Waals surface area contributed by atoms with E-state index in [0.717, 1.165) is 0 Å². The summed E-state index contributed by atoms with van der Waals surface area (Å²) in [6.07, 6.45) is 0. The Kier molecular flexibility index (Phi) is 1.13. The van der Waals surface area contributed by atoms with Crippen LogP contribution in [0.15, 0.2) is 0 Å². The topological polar surface area (TPSA) is 80.3 Å². The van der Waals surface area contributed by atoms with Crippen LogP contribution in [-0.4, -0.2) is 0 Å². The first-order valence-electron chi connectivity index (χ1n) is 0.577. The second kappa shape index (κ2) is 1.09. The molecule has 0 spiro atoms. The molecular formula is O4Os-2. The van der Waals surface area contributed by atoms with Gasteiger partial charge in [-0.2, -0.15) is 0 Å². The van der Waals surface area contributed by atoms with Gasteiger partial charge in [-0.1, -0.05) is 0 Å². The Balaban J connectivity index is 4.06. The molecule has 0 aliphatic rings. The van der Waals surface area contributed by atoms with Crippen molar-refractivity contribution in [3.8, 4) is 0 Å². The molecule has 0 aromatic carbocycles. The summed E-state index contributed by atoms with van der Waals surface area (Å²) in [4.78, 5) is 0. The van der Waals surface area contributed by atoms with Crippen LogP contribution < -0.4 is 7.80 Å². The van der Waals surface area contributed by atoms with Crippen LogP contribution in [0.3, 0.4) is 0 Å². The van der Waals surface area contributed by atoms with Gasteiger partial charge < -0.3 is 0 Å². The van der Waals surface area contributed by atoms with Crippen LogP contribution in [0.5, 0.6) is 0 Å². The summed E-state index contributed by atoms with van der Waals surface area (Å²) in [6.45, 7) is 0. The molecule has 0 rings (SSSR count). The van der Waals surface area contributed by atoms with Gasteiger partial charge in [-0.25, -0.2) is 0 Å². The standard InChI is InChI=1S/4O.Os/q;;2*-1;. The molecule has 0 fully saturated rings. The molecular weight excluding hydrogens is 254 g/mol. The van der Waals surface area contributed by atoms with E-state index in [4.69, 9.17) is 14.9 Å². The van der Waals surface area contributed by atoms with Crippen molar-refractivity contribution in [1.82, 2.24) is 0 Å². The first-order chi connectivity index (χ1) is 2.00. The monoisotopic (exact) mass is 256 g/mol. The van der Waals surface area contributed by atoms with Crippen molar-refractivity contribution in [2.24, 2.45) is 0 Å². The molecule has 0 aromatic rings. The molecule has 0 aromatic heterocycles. The predicted octanol–water partition coefficient (Wildman–Crippen LogP) is -2.62. The minimum atomic E-state index is -6.06. The fourth-order valence-corrected chi connectivity index (χ4v) is 0. The summed E-state index contributed by atoms with van der Waals surface area (Å²) >= 11 is -6.06. The zero-order chi connectivity index (χ0) is 4.50. The van der Waals surface area contributed by atoms with Crippen LogP contribution in [0.25, 0.3) is 0 Å². The molecule has 0 saturated carbocycles. The SMILES string of the molecule is [O]=[Os](=[O])([O-])[O-]. The summed E-state index contributed by atoms with van der Waals surface area (Å²) in [7, 11) is 0. The van der Waals surface area contributed by atoms with Crippen molar-refractivity contribution >= 4 is 0 Å². The van der Waals surface area contributed by atoms with Crippen LogP contribution in [0.1, 0.15) is 0 Å². The van der Waals surface area contributed by atoms with Gasteiger partial charge in [0.2, 0.25) is 0 Å². The Morgan fingerprint density at radius 3 is 1.20 bits per heavy atom. The predicted molar refractivity (Wildman–Crippen MR) is 1.37 cm³/mol. The van der Waals surface area contributed by atoms with Gasteiger partial charge >= 0.3 is 30.5 Å². The van der Waals surface area contributed by atoms with Gasteiger partial charge in [-0.3, -0.25) is 0 Å². The molecule has 0 aliphatic carbocycles. The molecule has 0 radical (unpaired) electrons. The van der Waals surface area contributed by atoms with Crippen LogP contribution in [0, 0.1) is 0 Å². The van der Waals surface area contributed by atoms with Gasteiger partial charge in [0.15, 0.2) is 0 Å². The number of rotatable bonds is 0. The van der Waals surface area contributed by atoms with Crippen LogP contribution in [0.4, 0.5) is 0 Å². The summed E-state index contributed by atoms with van der Waals surface area (Å²) in [6, 6.07) is 0. The molecule has 0 saturated heterocycles. The molecule has 4 nitrogen and oxygen atoms in total. The second-order valence-electron chi connectivity index (χ2n) is 0.354. The Morgan fingerprint density at radius 1 is 1.20 bits per heavy atom. The summed E-state index contributed by atoms with van der Waals surface area (Å²) in [5.41, 5.74) is 0. The Hall–Kier alpha value is 0.156. The number of hydrogen-bond acceptors (Lipinski definition) is 4. The number of hydrogen-bond donors (Lipinski definition) is 0. The van der Waals surface area contributed by atoms with Crippen molar-refractivity contribution in [3.05, 3.63) is 0 Å². The van der Waals surface area contributed by atoms with Crippen LogP contribution in [-0.2, 0) is 22.7 Å². The van der Waals surface area contributed by atoms with E-state index in [9.17, 15) is 0 Å². The molecule has 0 N–H and O–H groups in total. The average molecular weight is 254 g/mol. The van der Waals surface area contributed by atoms with E-state index in [1.54, 1.807) is 0 Å². The fourth-order valence-electron chi connectivity index (χ4n) is 0. The van der Waals surface area contributed by atoms with Gasteiger partial charge in [0, 0.05) is 0 Å². The molecule has 34 valence electrons.